The highest BCUT2D eigenvalue weighted by Crippen LogP contribution is 2.23. The highest BCUT2D eigenvalue weighted by atomic mass is 16.5. The van der Waals surface area contributed by atoms with E-state index in [0.29, 0.717) is 11.2 Å². The Morgan fingerprint density at radius 3 is 2.31 bits per heavy atom. The Hall–Kier alpha value is -3.60. The summed E-state index contributed by atoms with van der Waals surface area (Å²) in [7, 11) is 1.62. The van der Waals surface area contributed by atoms with Crippen molar-refractivity contribution in [3.8, 4) is 11.4 Å². The Morgan fingerprint density at radius 2 is 1.54 bits per heavy atom. The lowest BCUT2D eigenvalue weighted by Gasteiger charge is -2.11. The smallest absolute Gasteiger partial charge is 0.267 e. The lowest BCUT2D eigenvalue weighted by atomic mass is 10.2. The van der Waals surface area contributed by atoms with E-state index < -0.39 is 0 Å². The number of rotatable bonds is 2. The topological polar surface area (TPSA) is 48.5 Å². The van der Waals surface area contributed by atoms with Crippen LogP contribution in [0.25, 0.3) is 33.4 Å². The van der Waals surface area contributed by atoms with Crippen LogP contribution in [0.3, 0.4) is 0 Å². The molecule has 0 amide bonds. The van der Waals surface area contributed by atoms with Gasteiger partial charge in [-0.25, -0.2) is 9.55 Å². The predicted molar refractivity (Wildman–Crippen MR) is 102 cm³/mol. The van der Waals surface area contributed by atoms with Crippen molar-refractivity contribution in [1.82, 2.24) is 14.0 Å². The summed E-state index contributed by atoms with van der Waals surface area (Å²) in [6.07, 6.45) is 0. The second kappa shape index (κ2) is 5.46. The monoisotopic (exact) mass is 341 g/mol. The van der Waals surface area contributed by atoms with Gasteiger partial charge in [0.25, 0.3) is 5.56 Å². The molecule has 0 saturated heterocycles. The minimum absolute atomic E-state index is 0.0893. The van der Waals surface area contributed by atoms with Crippen molar-refractivity contribution in [3.63, 3.8) is 0 Å². The average Bonchev–Trinajstić information content (AvgIpc) is 3.08. The van der Waals surface area contributed by atoms with Gasteiger partial charge in [-0.2, -0.15) is 0 Å². The largest absolute Gasteiger partial charge is 0.497 e. The first-order chi connectivity index (χ1) is 12.8. The maximum absolute atomic E-state index is 13.3. The molecule has 5 heteroatoms. The van der Waals surface area contributed by atoms with Gasteiger partial charge in [0.05, 0.1) is 34.7 Å². The minimum atomic E-state index is -0.0893. The maximum atomic E-state index is 13.3. The Bertz CT molecular complexity index is 1330. The summed E-state index contributed by atoms with van der Waals surface area (Å²) in [5.41, 5.74) is 3.34. The molecule has 0 bridgehead atoms. The van der Waals surface area contributed by atoms with Crippen molar-refractivity contribution in [2.24, 2.45) is 0 Å². The maximum Gasteiger partial charge on any atom is 0.267 e. The molecule has 0 radical (unpaired) electrons. The molecule has 2 aromatic heterocycles. The highest BCUT2D eigenvalue weighted by molar-refractivity contribution is 5.89. The number of benzene rings is 3. The van der Waals surface area contributed by atoms with Gasteiger partial charge in [0.1, 0.15) is 5.75 Å². The van der Waals surface area contributed by atoms with Gasteiger partial charge in [-0.3, -0.25) is 9.20 Å². The molecule has 0 aliphatic carbocycles. The van der Waals surface area contributed by atoms with Gasteiger partial charge < -0.3 is 4.74 Å². The van der Waals surface area contributed by atoms with E-state index in [4.69, 9.17) is 9.72 Å². The molecular formula is C21H15N3O2. The van der Waals surface area contributed by atoms with Crippen LogP contribution in [-0.4, -0.2) is 21.1 Å². The van der Waals surface area contributed by atoms with Crippen LogP contribution in [0.15, 0.2) is 77.6 Å². The van der Waals surface area contributed by atoms with E-state index in [2.05, 4.69) is 0 Å². The number of methoxy groups -OCH3 is 1. The SMILES string of the molecule is COc1ccc(-n2c(=O)c3ccccc3n3c4ccccc4nc23)cc1. The van der Waals surface area contributed by atoms with Crippen molar-refractivity contribution >= 4 is 27.7 Å². The van der Waals surface area contributed by atoms with Crippen LogP contribution in [0.5, 0.6) is 5.75 Å². The van der Waals surface area contributed by atoms with Gasteiger partial charge in [-0.1, -0.05) is 24.3 Å². The summed E-state index contributed by atoms with van der Waals surface area (Å²) in [5, 5.41) is 0.652. The summed E-state index contributed by atoms with van der Waals surface area (Å²) >= 11 is 0. The zero-order valence-corrected chi connectivity index (χ0v) is 14.1. The average molecular weight is 341 g/mol. The Morgan fingerprint density at radius 1 is 0.846 bits per heavy atom. The van der Waals surface area contributed by atoms with Gasteiger partial charge in [0.2, 0.25) is 5.78 Å². The molecule has 5 aromatic rings. The molecule has 26 heavy (non-hydrogen) atoms. The molecule has 5 rings (SSSR count). The fraction of sp³-hybridized carbons (Fsp3) is 0.0476. The summed E-state index contributed by atoms with van der Waals surface area (Å²) in [5.74, 6) is 1.34. The first-order valence-electron chi connectivity index (χ1n) is 8.33. The fourth-order valence-electron chi connectivity index (χ4n) is 3.43. The number of aromatic nitrogens is 3. The molecule has 0 fully saturated rings. The molecule has 2 heterocycles. The van der Waals surface area contributed by atoms with Crippen LogP contribution >= 0.6 is 0 Å². The van der Waals surface area contributed by atoms with Crippen LogP contribution in [0, 0.1) is 0 Å². The molecule has 126 valence electrons. The number of ether oxygens (including phenoxy) is 1. The minimum Gasteiger partial charge on any atom is -0.497 e. The third kappa shape index (κ3) is 1.97. The van der Waals surface area contributed by atoms with E-state index in [0.717, 1.165) is 28.0 Å². The van der Waals surface area contributed by atoms with E-state index in [9.17, 15) is 4.79 Å². The number of imidazole rings is 1. The summed E-state index contributed by atoms with van der Waals surface area (Å²) in [6, 6.07) is 23.0. The van der Waals surface area contributed by atoms with E-state index >= 15 is 0 Å². The molecular weight excluding hydrogens is 326 g/mol. The molecule has 5 nitrogen and oxygen atoms in total. The van der Waals surface area contributed by atoms with Crippen LogP contribution < -0.4 is 10.3 Å². The second-order valence-electron chi connectivity index (χ2n) is 6.09. The fourth-order valence-corrected chi connectivity index (χ4v) is 3.43. The van der Waals surface area contributed by atoms with E-state index in [1.807, 2.05) is 77.2 Å². The zero-order valence-electron chi connectivity index (χ0n) is 14.1. The summed E-state index contributed by atoms with van der Waals surface area (Å²) in [4.78, 5) is 18.0. The summed E-state index contributed by atoms with van der Waals surface area (Å²) in [6.45, 7) is 0. The third-order valence-electron chi connectivity index (χ3n) is 4.65. The molecule has 3 aromatic carbocycles. The molecule has 0 aliphatic heterocycles. The predicted octanol–water partition coefficient (Wildman–Crippen LogP) is 3.80. The molecule has 0 spiro atoms. The number of fused-ring (bicyclic) bond motifs is 5. The summed E-state index contributed by atoms with van der Waals surface area (Å²) < 4.78 is 8.93. The Kier molecular flexibility index (Phi) is 3.09. The van der Waals surface area contributed by atoms with Crippen molar-refractivity contribution < 1.29 is 4.74 Å². The number of para-hydroxylation sites is 3. The molecule has 0 atom stereocenters. The van der Waals surface area contributed by atoms with Crippen LogP contribution in [0.4, 0.5) is 0 Å². The quantitative estimate of drug-likeness (QED) is 0.491. The zero-order chi connectivity index (χ0) is 17.7. The lowest BCUT2D eigenvalue weighted by molar-refractivity contribution is 0.414. The Labute approximate surface area is 148 Å². The van der Waals surface area contributed by atoms with Gasteiger partial charge in [0.15, 0.2) is 0 Å². The normalized spacial score (nSPS) is 11.4. The highest BCUT2D eigenvalue weighted by Gasteiger charge is 2.16. The van der Waals surface area contributed by atoms with Crippen LogP contribution in [-0.2, 0) is 0 Å². The van der Waals surface area contributed by atoms with Gasteiger partial charge in [-0.15, -0.1) is 0 Å². The lowest BCUT2D eigenvalue weighted by Crippen LogP contribution is -2.21. The molecule has 0 unspecified atom stereocenters. The van der Waals surface area contributed by atoms with Gasteiger partial charge >= 0.3 is 0 Å². The van der Waals surface area contributed by atoms with E-state index in [1.165, 1.54) is 0 Å². The van der Waals surface area contributed by atoms with Crippen LogP contribution in [0.1, 0.15) is 0 Å². The molecule has 0 saturated carbocycles. The Balaban J connectivity index is 2.01. The van der Waals surface area contributed by atoms with Gasteiger partial charge in [0, 0.05) is 0 Å². The first kappa shape index (κ1) is 14.7. The molecule has 0 N–H and O–H groups in total. The van der Waals surface area contributed by atoms with Crippen LogP contribution in [0.2, 0.25) is 0 Å². The number of hydrogen-bond donors (Lipinski definition) is 0. The second-order valence-corrected chi connectivity index (χ2v) is 6.09. The van der Waals surface area contributed by atoms with Crippen molar-refractivity contribution in [3.05, 3.63) is 83.2 Å². The third-order valence-corrected chi connectivity index (χ3v) is 4.65. The molecule has 0 aliphatic rings. The van der Waals surface area contributed by atoms with E-state index in [-0.39, 0.29) is 5.56 Å². The van der Waals surface area contributed by atoms with Crippen molar-refractivity contribution in [1.29, 1.82) is 0 Å². The van der Waals surface area contributed by atoms with Crippen molar-refractivity contribution in [2.45, 2.75) is 0 Å². The van der Waals surface area contributed by atoms with E-state index in [1.54, 1.807) is 11.7 Å². The van der Waals surface area contributed by atoms with Crippen molar-refractivity contribution in [2.75, 3.05) is 7.11 Å². The number of nitrogens with zero attached hydrogens (tertiary/aromatic N) is 3. The number of hydrogen-bond acceptors (Lipinski definition) is 3. The van der Waals surface area contributed by atoms with Gasteiger partial charge in [-0.05, 0) is 48.5 Å². The first-order valence-corrected chi connectivity index (χ1v) is 8.33. The standard InChI is InChI=1S/C21H15N3O2/c1-26-15-12-10-14(11-13-15)23-20(25)16-6-2-4-8-18(16)24-19-9-5-3-7-17(19)22-21(23)24/h2-13H,1H3.